The molecular formula is C13H19ClN2. The molecular weight excluding hydrogens is 220 g/mol. The molecule has 0 saturated carbocycles. The van der Waals surface area contributed by atoms with E-state index in [1.165, 1.54) is 5.56 Å². The predicted molar refractivity (Wildman–Crippen MR) is 68.7 cm³/mol. The predicted octanol–water partition coefficient (Wildman–Crippen LogP) is 2.60. The van der Waals surface area contributed by atoms with E-state index in [0.29, 0.717) is 12.0 Å². The summed E-state index contributed by atoms with van der Waals surface area (Å²) < 4.78 is 0. The fraction of sp³-hybridized carbons (Fsp3) is 0.538. The molecule has 1 aromatic rings. The van der Waals surface area contributed by atoms with Gasteiger partial charge in [0.1, 0.15) is 0 Å². The first-order chi connectivity index (χ1) is 7.63. The van der Waals surface area contributed by atoms with Gasteiger partial charge in [0.2, 0.25) is 0 Å². The van der Waals surface area contributed by atoms with Crippen LogP contribution in [-0.4, -0.2) is 25.0 Å². The molecule has 2 nitrogen and oxygen atoms in total. The monoisotopic (exact) mass is 238 g/mol. The number of nitrogens with two attached hydrogens (primary N) is 1. The van der Waals surface area contributed by atoms with Crippen LogP contribution in [0, 0.1) is 12.8 Å². The molecule has 2 unspecified atom stereocenters. The molecule has 1 fully saturated rings. The summed E-state index contributed by atoms with van der Waals surface area (Å²) in [5, 5.41) is 0.914. The fourth-order valence-electron chi connectivity index (χ4n) is 2.57. The number of hydrogen-bond donors (Lipinski definition) is 1. The third-order valence-corrected chi connectivity index (χ3v) is 4.07. The molecule has 0 aliphatic carbocycles. The van der Waals surface area contributed by atoms with Crippen LogP contribution in [-0.2, 0) is 0 Å². The van der Waals surface area contributed by atoms with E-state index in [2.05, 4.69) is 37.1 Å². The first kappa shape index (κ1) is 11.9. The van der Waals surface area contributed by atoms with Crippen LogP contribution < -0.4 is 5.73 Å². The quantitative estimate of drug-likeness (QED) is 0.858. The Morgan fingerprint density at radius 1 is 1.50 bits per heavy atom. The highest BCUT2D eigenvalue weighted by Crippen LogP contribution is 2.37. The summed E-state index contributed by atoms with van der Waals surface area (Å²) >= 11 is 6.37. The molecule has 0 bridgehead atoms. The lowest BCUT2D eigenvalue weighted by Gasteiger charge is -2.21. The van der Waals surface area contributed by atoms with Gasteiger partial charge in [-0.05, 0) is 44.0 Å². The van der Waals surface area contributed by atoms with Gasteiger partial charge < -0.3 is 5.73 Å². The number of benzene rings is 1. The summed E-state index contributed by atoms with van der Waals surface area (Å²) in [4.78, 5) is 2.36. The average Bonchev–Trinajstić information content (AvgIpc) is 2.64. The summed E-state index contributed by atoms with van der Waals surface area (Å²) in [5.41, 5.74) is 8.15. The molecule has 1 heterocycles. The minimum Gasteiger partial charge on any atom is -0.330 e. The van der Waals surface area contributed by atoms with Gasteiger partial charge in [-0.1, -0.05) is 29.8 Å². The summed E-state index contributed by atoms with van der Waals surface area (Å²) in [6, 6.07) is 6.71. The third kappa shape index (κ3) is 2.10. The van der Waals surface area contributed by atoms with Gasteiger partial charge in [-0.3, -0.25) is 4.90 Å². The summed E-state index contributed by atoms with van der Waals surface area (Å²) in [5.74, 6) is 0.603. The lowest BCUT2D eigenvalue weighted by molar-refractivity contribution is 0.313. The van der Waals surface area contributed by atoms with E-state index >= 15 is 0 Å². The van der Waals surface area contributed by atoms with Crippen LogP contribution in [0.1, 0.15) is 23.6 Å². The Bertz CT molecular complexity index is 378. The van der Waals surface area contributed by atoms with E-state index in [4.69, 9.17) is 17.3 Å². The Hall–Kier alpha value is -0.570. The maximum Gasteiger partial charge on any atom is 0.0483 e. The minimum atomic E-state index is 0.431. The standard InChI is InChI=1S/C13H19ClN2/c1-9-4-3-5-11(13(9)14)12-6-10(7-15)8-16(12)2/h3-5,10,12H,6-8,15H2,1-2H3. The van der Waals surface area contributed by atoms with Crippen LogP contribution in [0.3, 0.4) is 0 Å². The molecule has 0 spiro atoms. The van der Waals surface area contributed by atoms with E-state index in [1.54, 1.807) is 0 Å². The molecule has 1 aliphatic heterocycles. The Kier molecular flexibility index (Phi) is 3.53. The van der Waals surface area contributed by atoms with Crippen LogP contribution in [0.15, 0.2) is 18.2 Å². The number of halogens is 1. The number of nitrogens with zero attached hydrogens (tertiary/aromatic N) is 1. The Morgan fingerprint density at radius 2 is 2.25 bits per heavy atom. The Balaban J connectivity index is 2.28. The molecule has 0 aromatic heterocycles. The van der Waals surface area contributed by atoms with Crippen molar-refractivity contribution in [1.82, 2.24) is 4.90 Å². The molecule has 1 aliphatic rings. The van der Waals surface area contributed by atoms with Crippen LogP contribution in [0.2, 0.25) is 5.02 Å². The second-order valence-electron chi connectivity index (χ2n) is 4.77. The van der Waals surface area contributed by atoms with Crippen molar-refractivity contribution in [2.45, 2.75) is 19.4 Å². The van der Waals surface area contributed by atoms with Gasteiger partial charge in [-0.2, -0.15) is 0 Å². The minimum absolute atomic E-state index is 0.431. The number of hydrogen-bond acceptors (Lipinski definition) is 2. The van der Waals surface area contributed by atoms with Gasteiger partial charge in [0.15, 0.2) is 0 Å². The highest BCUT2D eigenvalue weighted by atomic mass is 35.5. The van der Waals surface area contributed by atoms with E-state index < -0.39 is 0 Å². The first-order valence-electron chi connectivity index (χ1n) is 5.78. The largest absolute Gasteiger partial charge is 0.330 e. The van der Waals surface area contributed by atoms with Crippen molar-refractivity contribution < 1.29 is 0 Å². The molecule has 3 heteroatoms. The second-order valence-corrected chi connectivity index (χ2v) is 5.15. The highest BCUT2D eigenvalue weighted by Gasteiger charge is 2.30. The van der Waals surface area contributed by atoms with Crippen molar-refractivity contribution in [2.24, 2.45) is 11.7 Å². The van der Waals surface area contributed by atoms with Crippen molar-refractivity contribution >= 4 is 11.6 Å². The van der Waals surface area contributed by atoms with Gasteiger partial charge >= 0.3 is 0 Å². The molecule has 2 N–H and O–H groups in total. The van der Waals surface area contributed by atoms with Crippen molar-refractivity contribution in [3.63, 3.8) is 0 Å². The molecule has 1 aromatic carbocycles. The third-order valence-electron chi connectivity index (χ3n) is 3.55. The molecule has 16 heavy (non-hydrogen) atoms. The number of likely N-dealkylation sites (tertiary alicyclic amines) is 1. The van der Waals surface area contributed by atoms with Crippen molar-refractivity contribution in [2.75, 3.05) is 20.1 Å². The van der Waals surface area contributed by atoms with E-state index in [9.17, 15) is 0 Å². The molecule has 88 valence electrons. The summed E-state index contributed by atoms with van der Waals surface area (Å²) in [6.45, 7) is 3.90. The maximum atomic E-state index is 6.37. The molecule has 0 radical (unpaired) electrons. The van der Waals surface area contributed by atoms with Crippen LogP contribution in [0.25, 0.3) is 0 Å². The number of aryl methyl sites for hydroxylation is 1. The van der Waals surface area contributed by atoms with Crippen LogP contribution in [0.5, 0.6) is 0 Å². The topological polar surface area (TPSA) is 29.3 Å². The molecule has 0 amide bonds. The van der Waals surface area contributed by atoms with Crippen molar-refractivity contribution in [3.8, 4) is 0 Å². The van der Waals surface area contributed by atoms with E-state index in [1.807, 2.05) is 0 Å². The Morgan fingerprint density at radius 3 is 2.88 bits per heavy atom. The normalized spacial score (nSPS) is 26.2. The van der Waals surface area contributed by atoms with E-state index in [-0.39, 0.29) is 0 Å². The second kappa shape index (κ2) is 4.74. The lowest BCUT2D eigenvalue weighted by atomic mass is 9.98. The first-order valence-corrected chi connectivity index (χ1v) is 6.16. The van der Waals surface area contributed by atoms with Crippen molar-refractivity contribution in [3.05, 3.63) is 34.3 Å². The zero-order valence-corrected chi connectivity index (χ0v) is 10.7. The average molecular weight is 239 g/mol. The SMILES string of the molecule is Cc1cccc(C2CC(CN)CN2C)c1Cl. The molecule has 1 saturated heterocycles. The smallest absolute Gasteiger partial charge is 0.0483 e. The maximum absolute atomic E-state index is 6.37. The summed E-state index contributed by atoms with van der Waals surface area (Å²) in [7, 11) is 2.15. The fourth-order valence-corrected chi connectivity index (χ4v) is 2.82. The zero-order valence-electron chi connectivity index (χ0n) is 9.91. The zero-order chi connectivity index (χ0) is 11.7. The van der Waals surface area contributed by atoms with Crippen molar-refractivity contribution in [1.29, 1.82) is 0 Å². The number of rotatable bonds is 2. The van der Waals surface area contributed by atoms with E-state index in [0.717, 1.165) is 30.1 Å². The van der Waals surface area contributed by atoms with Gasteiger partial charge in [0.25, 0.3) is 0 Å². The molecule has 2 atom stereocenters. The molecule has 2 rings (SSSR count). The lowest BCUT2D eigenvalue weighted by Crippen LogP contribution is -2.20. The Labute approximate surface area is 102 Å². The summed E-state index contributed by atoms with van der Waals surface area (Å²) in [6.07, 6.45) is 1.12. The highest BCUT2D eigenvalue weighted by molar-refractivity contribution is 6.32. The van der Waals surface area contributed by atoms with Crippen LogP contribution in [0.4, 0.5) is 0 Å². The van der Waals surface area contributed by atoms with Gasteiger partial charge in [0.05, 0.1) is 0 Å². The van der Waals surface area contributed by atoms with Gasteiger partial charge in [-0.25, -0.2) is 0 Å². The van der Waals surface area contributed by atoms with Gasteiger partial charge in [-0.15, -0.1) is 0 Å². The van der Waals surface area contributed by atoms with Gasteiger partial charge in [0, 0.05) is 17.6 Å². The van der Waals surface area contributed by atoms with Crippen LogP contribution >= 0.6 is 11.6 Å².